The highest BCUT2D eigenvalue weighted by Gasteiger charge is 2.38. The number of hydrogen-bond donors (Lipinski definition) is 1. The van der Waals surface area contributed by atoms with Gasteiger partial charge in [-0.1, -0.05) is 55.7 Å². The number of amides is 1. The fourth-order valence-electron chi connectivity index (χ4n) is 4.74. The van der Waals surface area contributed by atoms with Crippen LogP contribution in [0, 0.1) is 0 Å². The second-order valence-corrected chi connectivity index (χ2v) is 8.33. The summed E-state index contributed by atoms with van der Waals surface area (Å²) in [6, 6.07) is 17.4. The van der Waals surface area contributed by atoms with Crippen molar-refractivity contribution in [3.05, 3.63) is 65.7 Å². The van der Waals surface area contributed by atoms with Crippen LogP contribution in [0.2, 0.25) is 0 Å². The number of benzene rings is 2. The molecule has 0 atom stereocenters. The monoisotopic (exact) mass is 408 g/mol. The Labute approximate surface area is 179 Å². The minimum Gasteiger partial charge on any atom is -0.489 e. The highest BCUT2D eigenvalue weighted by Crippen LogP contribution is 2.34. The molecule has 160 valence electrons. The average Bonchev–Trinajstić information content (AvgIpc) is 2.83. The Morgan fingerprint density at radius 1 is 0.967 bits per heavy atom. The van der Waals surface area contributed by atoms with Gasteiger partial charge in [0.2, 0.25) is 0 Å². The third-order valence-corrected chi connectivity index (χ3v) is 6.44. The Hall–Kier alpha value is -2.37. The molecule has 2 aromatic rings. The summed E-state index contributed by atoms with van der Waals surface area (Å²) in [4.78, 5) is 15.7. The van der Waals surface area contributed by atoms with Crippen LogP contribution in [0.25, 0.3) is 0 Å². The minimum atomic E-state index is -0.0135. The molecule has 30 heavy (non-hydrogen) atoms. The van der Waals surface area contributed by atoms with E-state index in [4.69, 9.17) is 9.47 Å². The Balaban J connectivity index is 1.42. The lowest BCUT2D eigenvalue weighted by Gasteiger charge is -2.48. The van der Waals surface area contributed by atoms with E-state index in [2.05, 4.69) is 10.2 Å². The summed E-state index contributed by atoms with van der Waals surface area (Å²) in [6.45, 7) is 4.56. The van der Waals surface area contributed by atoms with Gasteiger partial charge in [-0.3, -0.25) is 9.69 Å². The molecule has 2 aliphatic rings. The van der Waals surface area contributed by atoms with Crippen LogP contribution in [0.15, 0.2) is 54.6 Å². The number of carbonyl (C=O) groups is 1. The van der Waals surface area contributed by atoms with Gasteiger partial charge < -0.3 is 14.8 Å². The fourth-order valence-corrected chi connectivity index (χ4v) is 4.74. The van der Waals surface area contributed by atoms with Gasteiger partial charge in [-0.2, -0.15) is 0 Å². The molecule has 0 bridgehead atoms. The van der Waals surface area contributed by atoms with E-state index < -0.39 is 0 Å². The normalized spacial score (nSPS) is 19.2. The molecule has 2 fully saturated rings. The quantitative estimate of drug-likeness (QED) is 0.752. The van der Waals surface area contributed by atoms with E-state index in [0.29, 0.717) is 18.7 Å². The zero-order chi connectivity index (χ0) is 20.7. The van der Waals surface area contributed by atoms with Gasteiger partial charge in [0.05, 0.1) is 13.2 Å². The maximum absolute atomic E-state index is 13.1. The SMILES string of the molecule is O=C(NCC1(N2CCOCC2)CCCCC1)c1ccccc1COc1ccccc1. The van der Waals surface area contributed by atoms with E-state index in [1.807, 2.05) is 54.6 Å². The number of nitrogens with zero attached hydrogens (tertiary/aromatic N) is 1. The van der Waals surface area contributed by atoms with E-state index in [9.17, 15) is 4.79 Å². The van der Waals surface area contributed by atoms with Crippen molar-refractivity contribution in [2.45, 2.75) is 44.2 Å². The third-order valence-electron chi connectivity index (χ3n) is 6.44. The first kappa shape index (κ1) is 20.9. The summed E-state index contributed by atoms with van der Waals surface area (Å²) in [5, 5.41) is 3.27. The highest BCUT2D eigenvalue weighted by atomic mass is 16.5. The van der Waals surface area contributed by atoms with Gasteiger partial charge in [0.25, 0.3) is 5.91 Å². The zero-order valence-corrected chi connectivity index (χ0v) is 17.6. The number of hydrogen-bond acceptors (Lipinski definition) is 4. The average molecular weight is 409 g/mol. The van der Waals surface area contributed by atoms with Gasteiger partial charge in [0.15, 0.2) is 0 Å². The number of carbonyl (C=O) groups excluding carboxylic acids is 1. The first-order chi connectivity index (χ1) is 14.8. The maximum Gasteiger partial charge on any atom is 0.251 e. The molecule has 1 heterocycles. The standard InChI is InChI=1S/C25H32N2O3/c28-24(23-12-6-5-9-21(23)19-30-22-10-3-1-4-11-22)26-20-25(13-7-2-8-14-25)27-15-17-29-18-16-27/h1,3-6,9-12H,2,7-8,13-20H2,(H,26,28). The predicted molar refractivity (Wildman–Crippen MR) is 118 cm³/mol. The summed E-state index contributed by atoms with van der Waals surface area (Å²) in [7, 11) is 0. The van der Waals surface area contributed by atoms with Crippen molar-refractivity contribution in [1.82, 2.24) is 10.2 Å². The summed E-state index contributed by atoms with van der Waals surface area (Å²) in [6.07, 6.45) is 6.04. The molecule has 5 nitrogen and oxygen atoms in total. The van der Waals surface area contributed by atoms with Crippen molar-refractivity contribution in [3.63, 3.8) is 0 Å². The van der Waals surface area contributed by atoms with Crippen LogP contribution in [0.1, 0.15) is 48.0 Å². The molecule has 5 heteroatoms. The molecule has 0 radical (unpaired) electrons. The Morgan fingerprint density at radius 3 is 2.43 bits per heavy atom. The van der Waals surface area contributed by atoms with Crippen molar-refractivity contribution < 1.29 is 14.3 Å². The molecule has 1 aliphatic carbocycles. The van der Waals surface area contributed by atoms with Gasteiger partial charge in [0.1, 0.15) is 12.4 Å². The van der Waals surface area contributed by atoms with Crippen molar-refractivity contribution in [1.29, 1.82) is 0 Å². The molecular formula is C25H32N2O3. The molecule has 0 spiro atoms. The van der Waals surface area contributed by atoms with Crippen molar-refractivity contribution in [2.75, 3.05) is 32.8 Å². The summed E-state index contributed by atoms with van der Waals surface area (Å²) < 4.78 is 11.5. The number of para-hydroxylation sites is 1. The van der Waals surface area contributed by atoms with E-state index in [1.165, 1.54) is 19.3 Å². The van der Waals surface area contributed by atoms with E-state index in [1.54, 1.807) is 0 Å². The molecule has 4 rings (SSSR count). The van der Waals surface area contributed by atoms with Crippen molar-refractivity contribution in [3.8, 4) is 5.75 Å². The van der Waals surface area contributed by atoms with Crippen molar-refractivity contribution >= 4 is 5.91 Å². The van der Waals surface area contributed by atoms with Gasteiger partial charge in [-0.25, -0.2) is 0 Å². The van der Waals surface area contributed by atoms with Gasteiger partial charge >= 0.3 is 0 Å². The molecule has 0 unspecified atom stereocenters. The van der Waals surface area contributed by atoms with Crippen LogP contribution >= 0.6 is 0 Å². The molecule has 1 N–H and O–H groups in total. The van der Waals surface area contributed by atoms with Crippen LogP contribution in [0.4, 0.5) is 0 Å². The zero-order valence-electron chi connectivity index (χ0n) is 17.6. The number of nitrogens with one attached hydrogen (secondary N) is 1. The second-order valence-electron chi connectivity index (χ2n) is 8.33. The lowest BCUT2D eigenvalue weighted by atomic mass is 9.79. The molecule has 1 saturated carbocycles. The molecular weight excluding hydrogens is 376 g/mol. The Bertz CT molecular complexity index is 812. The van der Waals surface area contributed by atoms with E-state index in [0.717, 1.165) is 50.5 Å². The van der Waals surface area contributed by atoms with Gasteiger partial charge in [-0.15, -0.1) is 0 Å². The molecule has 0 aromatic heterocycles. The number of ether oxygens (including phenoxy) is 2. The first-order valence-corrected chi connectivity index (χ1v) is 11.1. The molecule has 1 amide bonds. The summed E-state index contributed by atoms with van der Waals surface area (Å²) in [5.74, 6) is 0.793. The minimum absolute atomic E-state index is 0.0135. The smallest absolute Gasteiger partial charge is 0.251 e. The Kier molecular flexibility index (Phi) is 7.03. The molecule has 1 aliphatic heterocycles. The largest absolute Gasteiger partial charge is 0.489 e. The maximum atomic E-state index is 13.1. The predicted octanol–water partition coefficient (Wildman–Crippen LogP) is 4.03. The van der Waals surface area contributed by atoms with E-state index in [-0.39, 0.29) is 11.4 Å². The van der Waals surface area contributed by atoms with Crippen LogP contribution in [0.5, 0.6) is 5.75 Å². The fraction of sp³-hybridized carbons (Fsp3) is 0.480. The highest BCUT2D eigenvalue weighted by molar-refractivity contribution is 5.95. The van der Waals surface area contributed by atoms with Crippen LogP contribution in [-0.4, -0.2) is 49.2 Å². The number of morpholine rings is 1. The van der Waals surface area contributed by atoms with Crippen LogP contribution in [-0.2, 0) is 11.3 Å². The lowest BCUT2D eigenvalue weighted by Crippen LogP contribution is -2.59. The number of rotatable bonds is 7. The molecule has 2 aromatic carbocycles. The Morgan fingerprint density at radius 2 is 1.67 bits per heavy atom. The summed E-state index contributed by atoms with van der Waals surface area (Å²) >= 11 is 0. The summed E-state index contributed by atoms with van der Waals surface area (Å²) in [5.41, 5.74) is 1.66. The van der Waals surface area contributed by atoms with Crippen LogP contribution < -0.4 is 10.1 Å². The van der Waals surface area contributed by atoms with Crippen molar-refractivity contribution in [2.24, 2.45) is 0 Å². The topological polar surface area (TPSA) is 50.8 Å². The third kappa shape index (κ3) is 5.02. The molecule has 1 saturated heterocycles. The van der Waals surface area contributed by atoms with Gasteiger partial charge in [0, 0.05) is 36.3 Å². The lowest BCUT2D eigenvalue weighted by molar-refractivity contribution is -0.0361. The van der Waals surface area contributed by atoms with Crippen LogP contribution in [0.3, 0.4) is 0 Å². The van der Waals surface area contributed by atoms with Gasteiger partial charge in [-0.05, 0) is 31.0 Å². The first-order valence-electron chi connectivity index (χ1n) is 11.1. The second kappa shape index (κ2) is 10.1. The van der Waals surface area contributed by atoms with E-state index >= 15 is 0 Å².